The number of rotatable bonds is 1. The van der Waals surface area contributed by atoms with E-state index in [-0.39, 0.29) is 0 Å². The minimum Gasteiger partial charge on any atom is -0.352 e. The monoisotopic (exact) mass is 260 g/mol. The molecule has 4 nitrogen and oxygen atoms in total. The molecular formula is C13H16N4S. The summed E-state index contributed by atoms with van der Waals surface area (Å²) in [6.07, 6.45) is 0. The fourth-order valence-electron chi connectivity index (χ4n) is 2.25. The molecule has 1 saturated heterocycles. The van der Waals surface area contributed by atoms with Gasteiger partial charge in [-0.3, -0.25) is 0 Å². The highest BCUT2D eigenvalue weighted by atomic mass is 32.1. The molecule has 2 aromatic rings. The Kier molecular flexibility index (Phi) is 3.01. The minimum absolute atomic E-state index is 0.734. The van der Waals surface area contributed by atoms with Crippen LogP contribution in [-0.4, -0.2) is 48.1 Å². The lowest BCUT2D eigenvalue weighted by Crippen LogP contribution is -2.45. The molecule has 1 aromatic heterocycles. The van der Waals surface area contributed by atoms with Gasteiger partial charge in [0.05, 0.1) is 11.0 Å². The SMILES string of the molecule is CN1CCN(c2nc3ccccc3[nH]c2=S)CC1. The van der Waals surface area contributed by atoms with Crippen LogP contribution in [0.4, 0.5) is 5.82 Å². The van der Waals surface area contributed by atoms with Gasteiger partial charge < -0.3 is 14.8 Å². The van der Waals surface area contributed by atoms with Crippen LogP contribution in [0, 0.1) is 4.64 Å². The second kappa shape index (κ2) is 4.66. The van der Waals surface area contributed by atoms with Gasteiger partial charge >= 0.3 is 0 Å². The van der Waals surface area contributed by atoms with Crippen molar-refractivity contribution in [1.29, 1.82) is 0 Å². The van der Waals surface area contributed by atoms with Gasteiger partial charge in [-0.1, -0.05) is 24.4 Å². The highest BCUT2D eigenvalue weighted by molar-refractivity contribution is 7.71. The molecule has 0 saturated carbocycles. The number of anilines is 1. The van der Waals surface area contributed by atoms with Crippen molar-refractivity contribution in [2.75, 3.05) is 38.1 Å². The maximum atomic E-state index is 5.42. The number of para-hydroxylation sites is 2. The van der Waals surface area contributed by atoms with Gasteiger partial charge in [-0.25, -0.2) is 4.98 Å². The number of fused-ring (bicyclic) bond motifs is 1. The number of nitrogens with zero attached hydrogens (tertiary/aromatic N) is 3. The average Bonchev–Trinajstić information content (AvgIpc) is 2.39. The van der Waals surface area contributed by atoms with Crippen LogP contribution in [0.25, 0.3) is 11.0 Å². The molecule has 0 atom stereocenters. The second-order valence-electron chi connectivity index (χ2n) is 4.70. The summed E-state index contributed by atoms with van der Waals surface area (Å²) in [6.45, 7) is 4.09. The van der Waals surface area contributed by atoms with Crippen molar-refractivity contribution in [3.05, 3.63) is 28.9 Å². The number of hydrogen-bond acceptors (Lipinski definition) is 4. The Morgan fingerprint density at radius 1 is 1.17 bits per heavy atom. The molecule has 1 aromatic carbocycles. The number of hydrogen-bond donors (Lipinski definition) is 1. The fraction of sp³-hybridized carbons (Fsp3) is 0.385. The highest BCUT2D eigenvalue weighted by Crippen LogP contribution is 2.18. The van der Waals surface area contributed by atoms with E-state index in [1.165, 1.54) is 0 Å². The van der Waals surface area contributed by atoms with Crippen molar-refractivity contribution >= 4 is 29.1 Å². The Morgan fingerprint density at radius 3 is 2.67 bits per heavy atom. The molecule has 0 radical (unpaired) electrons. The number of nitrogens with one attached hydrogen (secondary N) is 1. The summed E-state index contributed by atoms with van der Waals surface area (Å²) in [5, 5.41) is 0. The van der Waals surface area contributed by atoms with Crippen LogP contribution < -0.4 is 4.90 Å². The van der Waals surface area contributed by atoms with Gasteiger partial charge in [-0.05, 0) is 19.2 Å². The number of piperazine rings is 1. The number of H-pyrrole nitrogens is 1. The Balaban J connectivity index is 2.01. The lowest BCUT2D eigenvalue weighted by molar-refractivity contribution is 0.312. The molecule has 3 rings (SSSR count). The van der Waals surface area contributed by atoms with Crippen LogP contribution in [0.15, 0.2) is 24.3 Å². The van der Waals surface area contributed by atoms with E-state index < -0.39 is 0 Å². The normalized spacial score (nSPS) is 17.3. The lowest BCUT2D eigenvalue weighted by atomic mass is 10.3. The van der Waals surface area contributed by atoms with Crippen molar-refractivity contribution in [3.63, 3.8) is 0 Å². The van der Waals surface area contributed by atoms with Gasteiger partial charge in [0.25, 0.3) is 0 Å². The fourth-order valence-corrected chi connectivity index (χ4v) is 2.54. The Labute approximate surface area is 111 Å². The molecule has 5 heteroatoms. The first kappa shape index (κ1) is 11.6. The van der Waals surface area contributed by atoms with E-state index in [0.29, 0.717) is 0 Å². The van der Waals surface area contributed by atoms with Crippen molar-refractivity contribution in [1.82, 2.24) is 14.9 Å². The maximum Gasteiger partial charge on any atom is 0.164 e. The van der Waals surface area contributed by atoms with Crippen LogP contribution in [0.5, 0.6) is 0 Å². The molecular weight excluding hydrogens is 244 g/mol. The van der Waals surface area contributed by atoms with E-state index >= 15 is 0 Å². The van der Waals surface area contributed by atoms with E-state index in [1.54, 1.807) is 0 Å². The third kappa shape index (κ3) is 2.11. The van der Waals surface area contributed by atoms with Gasteiger partial charge in [-0.2, -0.15) is 0 Å². The van der Waals surface area contributed by atoms with E-state index in [9.17, 15) is 0 Å². The van der Waals surface area contributed by atoms with Gasteiger partial charge in [0.2, 0.25) is 0 Å². The molecule has 1 aliphatic heterocycles. The summed E-state index contributed by atoms with van der Waals surface area (Å²) in [5.74, 6) is 0.914. The molecule has 1 aliphatic rings. The molecule has 0 spiro atoms. The number of benzene rings is 1. The van der Waals surface area contributed by atoms with E-state index in [1.807, 2.05) is 24.3 Å². The summed E-state index contributed by atoms with van der Waals surface area (Å²) in [4.78, 5) is 12.6. The number of likely N-dealkylation sites (N-methyl/N-ethyl adjacent to an activating group) is 1. The van der Waals surface area contributed by atoms with Gasteiger partial charge in [0.15, 0.2) is 5.82 Å². The molecule has 0 amide bonds. The third-order valence-corrected chi connectivity index (χ3v) is 3.67. The van der Waals surface area contributed by atoms with Crippen LogP contribution in [-0.2, 0) is 0 Å². The zero-order valence-corrected chi connectivity index (χ0v) is 11.2. The topological polar surface area (TPSA) is 35.2 Å². The molecule has 2 heterocycles. The quantitative estimate of drug-likeness (QED) is 0.796. The van der Waals surface area contributed by atoms with Gasteiger partial charge in [0.1, 0.15) is 4.64 Å². The number of aromatic amines is 1. The molecule has 18 heavy (non-hydrogen) atoms. The lowest BCUT2D eigenvalue weighted by Gasteiger charge is -2.33. The zero-order chi connectivity index (χ0) is 12.5. The molecule has 0 aliphatic carbocycles. The van der Waals surface area contributed by atoms with Crippen molar-refractivity contribution in [3.8, 4) is 0 Å². The maximum absolute atomic E-state index is 5.42. The van der Waals surface area contributed by atoms with Crippen LogP contribution in [0.3, 0.4) is 0 Å². The Morgan fingerprint density at radius 2 is 1.89 bits per heavy atom. The molecule has 94 valence electrons. The Hall–Kier alpha value is -1.46. The minimum atomic E-state index is 0.734. The molecule has 0 bridgehead atoms. The highest BCUT2D eigenvalue weighted by Gasteiger charge is 2.17. The number of aromatic nitrogens is 2. The van der Waals surface area contributed by atoms with Crippen molar-refractivity contribution < 1.29 is 0 Å². The standard InChI is InChI=1S/C13H16N4S/c1-16-6-8-17(9-7-16)12-13(18)15-11-5-3-2-4-10(11)14-12/h2-5H,6-9H2,1H3,(H,15,18). The molecule has 1 fully saturated rings. The molecule has 0 unspecified atom stereocenters. The summed E-state index contributed by atoms with van der Waals surface area (Å²) in [6, 6.07) is 8.01. The van der Waals surface area contributed by atoms with Crippen molar-refractivity contribution in [2.45, 2.75) is 0 Å². The van der Waals surface area contributed by atoms with Crippen LogP contribution in [0.1, 0.15) is 0 Å². The largest absolute Gasteiger partial charge is 0.352 e. The second-order valence-corrected chi connectivity index (χ2v) is 5.11. The summed E-state index contributed by atoms with van der Waals surface area (Å²) < 4.78 is 0.734. The summed E-state index contributed by atoms with van der Waals surface area (Å²) in [5.41, 5.74) is 1.97. The van der Waals surface area contributed by atoms with E-state index in [0.717, 1.165) is 47.7 Å². The average molecular weight is 260 g/mol. The predicted octanol–water partition coefficient (Wildman–Crippen LogP) is 2.04. The van der Waals surface area contributed by atoms with Gasteiger partial charge in [-0.15, -0.1) is 0 Å². The first-order valence-electron chi connectivity index (χ1n) is 6.16. The zero-order valence-electron chi connectivity index (χ0n) is 10.4. The molecule has 1 N–H and O–H groups in total. The van der Waals surface area contributed by atoms with E-state index in [4.69, 9.17) is 17.2 Å². The van der Waals surface area contributed by atoms with Crippen LogP contribution >= 0.6 is 12.2 Å². The predicted molar refractivity (Wildman–Crippen MR) is 76.6 cm³/mol. The summed E-state index contributed by atoms with van der Waals surface area (Å²) in [7, 11) is 2.14. The Bertz CT molecular complexity index is 614. The summed E-state index contributed by atoms with van der Waals surface area (Å²) >= 11 is 5.42. The van der Waals surface area contributed by atoms with Gasteiger partial charge in [0, 0.05) is 26.2 Å². The first-order chi connectivity index (χ1) is 8.74. The van der Waals surface area contributed by atoms with Crippen molar-refractivity contribution in [2.24, 2.45) is 0 Å². The van der Waals surface area contributed by atoms with Crippen LogP contribution in [0.2, 0.25) is 0 Å². The smallest absolute Gasteiger partial charge is 0.164 e. The van der Waals surface area contributed by atoms with E-state index in [2.05, 4.69) is 21.8 Å². The third-order valence-electron chi connectivity index (χ3n) is 3.38. The first-order valence-corrected chi connectivity index (χ1v) is 6.57.